The van der Waals surface area contributed by atoms with E-state index in [-0.39, 0.29) is 96.9 Å². The number of aliphatic hydroxyl groups is 9. The van der Waals surface area contributed by atoms with E-state index in [1.165, 1.54) is 0 Å². The van der Waals surface area contributed by atoms with Gasteiger partial charge in [-0.25, -0.2) is 0 Å². The van der Waals surface area contributed by atoms with E-state index in [9.17, 15) is 65.1 Å². The molecule has 0 saturated carbocycles. The predicted octanol–water partition coefficient (Wildman–Crippen LogP) is 2.60. The van der Waals surface area contributed by atoms with E-state index in [1.54, 1.807) is 67.3 Å². The Balaban J connectivity index is 1.79. The van der Waals surface area contributed by atoms with Gasteiger partial charge in [-0.1, -0.05) is 91.8 Å². The van der Waals surface area contributed by atoms with E-state index in [0.29, 0.717) is 67.5 Å². The van der Waals surface area contributed by atoms with Crippen molar-refractivity contribution in [2.24, 2.45) is 35.5 Å². The molecule has 0 spiro atoms. The monoisotopic (exact) mass is 1480 g/mol. The summed E-state index contributed by atoms with van der Waals surface area (Å²) in [7, 11) is 0. The Kier molecular flexibility index (Phi) is 39.9. The van der Waals surface area contributed by atoms with Crippen LogP contribution in [0.2, 0.25) is 0 Å². The maximum absolute atomic E-state index is 14.0. The molecular formula is C66H121N13O16S4. The fraction of sp³-hybridized carbons (Fsp3) is 0.848. The highest BCUT2D eigenvalue weighted by molar-refractivity contribution is 8.01. The molecule has 0 saturated heterocycles. The second kappa shape index (κ2) is 44.1. The predicted molar refractivity (Wildman–Crippen MR) is 386 cm³/mol. The lowest BCUT2D eigenvalue weighted by Crippen LogP contribution is -2.60. The van der Waals surface area contributed by atoms with Crippen LogP contribution in [0.25, 0.3) is 0 Å². The number of hydrogen-bond donors (Lipinski definition) is 13. The molecule has 0 aliphatic heterocycles. The van der Waals surface area contributed by atoms with Crippen molar-refractivity contribution in [2.75, 3.05) is 108 Å². The van der Waals surface area contributed by atoms with Crippen LogP contribution in [0.4, 0.5) is 0 Å². The summed E-state index contributed by atoms with van der Waals surface area (Å²) in [4.78, 5) is 54.4. The number of hydrogen-bond acceptors (Lipinski definition) is 26. The largest absolute Gasteiger partial charge is 0.394 e. The maximum Gasteiger partial charge on any atom is 0.225 e. The van der Waals surface area contributed by atoms with Gasteiger partial charge in [0.1, 0.15) is 39.2 Å². The van der Waals surface area contributed by atoms with Gasteiger partial charge in [0, 0.05) is 57.9 Å². The van der Waals surface area contributed by atoms with Crippen LogP contribution in [-0.4, -0.2) is 259 Å². The minimum absolute atomic E-state index is 0.0316. The average molecular weight is 1480 g/mol. The summed E-state index contributed by atoms with van der Waals surface area (Å²) in [6.45, 7) is 22.1. The summed E-state index contributed by atoms with van der Waals surface area (Å²) in [5, 5.41) is 126. The molecule has 13 N–H and O–H groups in total. The number of carbonyl (C=O) groups excluding carboxylic acids is 4. The standard InChI is InChI=1S/C66H121N13O16S4/c1-14-22-96-26-18-55(89)67-66(46-95-34-52-31-79(76-73-52)21-17-25-99-62(12,13)56(49(6)7)59(92)70-65(41-86,42-87)43-88,44-93-32-50-29-77(74-71-50)19-15-23-97-60(8,9)27-53(47(2)3)57(90)68-63(35-80,36-81)37-82)45-94-33-51-30-78(75-72-51)20-16-24-98-61(10,11)28-54(48(4)5)58(91)69-64(38-83,39-84)40-85/h29-31,47-49,53-54,56,80-88H,14-28,32-46H2,1-13H3,(H,67,89)(H,68,90)(H,69,91)(H,70,92). The molecule has 3 rings (SSSR count). The molecule has 0 aromatic carbocycles. The molecule has 0 aliphatic rings. The first kappa shape index (κ1) is 89.4. The van der Waals surface area contributed by atoms with Crippen LogP contribution in [0.1, 0.15) is 152 Å². The van der Waals surface area contributed by atoms with Crippen LogP contribution in [-0.2, 0) is 72.8 Å². The Bertz CT molecular complexity index is 2640. The van der Waals surface area contributed by atoms with Crippen molar-refractivity contribution >= 4 is 70.7 Å². The molecule has 0 radical (unpaired) electrons. The first-order valence-electron chi connectivity index (χ1n) is 34.4. The van der Waals surface area contributed by atoms with Gasteiger partial charge < -0.3 is 81.4 Å². The lowest BCUT2D eigenvalue weighted by molar-refractivity contribution is -0.132. The molecule has 3 aromatic rings. The molecule has 4 amide bonds. The fourth-order valence-corrected chi connectivity index (χ4v) is 15.5. The van der Waals surface area contributed by atoms with E-state index in [4.69, 9.17) is 14.2 Å². The summed E-state index contributed by atoms with van der Waals surface area (Å²) >= 11 is 6.74. The number of nitrogens with zero attached hydrogens (tertiary/aromatic N) is 9. The molecule has 3 heterocycles. The van der Waals surface area contributed by atoms with Crippen molar-refractivity contribution in [3.8, 4) is 0 Å². The van der Waals surface area contributed by atoms with Gasteiger partial charge >= 0.3 is 0 Å². The summed E-state index contributed by atoms with van der Waals surface area (Å²) < 4.78 is 23.3. The van der Waals surface area contributed by atoms with Crippen LogP contribution in [0, 0.1) is 35.5 Å². The highest BCUT2D eigenvalue weighted by Crippen LogP contribution is 2.39. The molecule has 0 bridgehead atoms. The molecule has 33 heteroatoms. The quantitative estimate of drug-likeness (QED) is 0.0361. The lowest BCUT2D eigenvalue weighted by atomic mass is 9.83. The van der Waals surface area contributed by atoms with Gasteiger partial charge in [-0.2, -0.15) is 47.0 Å². The SMILES string of the molecule is CCCSCCC(=O)NC(COCc1cn(CCCSC(C)(C)CC(C(=O)NC(CO)(CO)CO)C(C)C)nn1)(COCc1cn(CCCSC(C)(C)CC(C(=O)NC(CO)(CO)CO)C(C)C)nn1)COCc1cn(CCCSC(C)(C)C(C(=O)NC(CO)(CO)CO)C(C)C)nn1. The first-order valence-corrected chi connectivity index (χ1v) is 38.5. The van der Waals surface area contributed by atoms with E-state index in [2.05, 4.69) is 86.8 Å². The number of amides is 4. The molecular weight excluding hydrogens is 1360 g/mol. The van der Waals surface area contributed by atoms with Crippen LogP contribution < -0.4 is 21.3 Å². The number of carbonyl (C=O) groups is 4. The third-order valence-electron chi connectivity index (χ3n) is 17.2. The number of aromatic nitrogens is 9. The second-order valence-corrected chi connectivity index (χ2v) is 35.5. The smallest absolute Gasteiger partial charge is 0.225 e. The van der Waals surface area contributed by atoms with Gasteiger partial charge in [-0.15, -0.1) is 15.3 Å². The summed E-state index contributed by atoms with van der Waals surface area (Å²) in [6.07, 6.45) is 9.81. The van der Waals surface area contributed by atoms with Gasteiger partial charge in [0.25, 0.3) is 0 Å². The summed E-state index contributed by atoms with van der Waals surface area (Å²) in [5.41, 5.74) is -4.15. The number of rotatable bonds is 56. The average Bonchev–Trinajstić information content (AvgIpc) is 1.22. The normalized spacial score (nSPS) is 14.4. The van der Waals surface area contributed by atoms with Crippen LogP contribution >= 0.6 is 47.0 Å². The Hall–Kier alpha value is -3.78. The number of ether oxygens (including phenoxy) is 3. The summed E-state index contributed by atoms with van der Waals surface area (Å²) in [5.74, 6) is 0.847. The second-order valence-electron chi connectivity index (χ2n) is 28.9. The van der Waals surface area contributed by atoms with Crippen molar-refractivity contribution in [3.63, 3.8) is 0 Å². The molecule has 3 unspecified atom stereocenters. The van der Waals surface area contributed by atoms with Crippen molar-refractivity contribution in [1.82, 2.24) is 66.2 Å². The Morgan fingerprint density at radius 3 is 1.10 bits per heavy atom. The Morgan fingerprint density at radius 2 is 0.788 bits per heavy atom. The number of aryl methyl sites for hydroxylation is 3. The van der Waals surface area contributed by atoms with E-state index >= 15 is 0 Å². The van der Waals surface area contributed by atoms with E-state index < -0.39 is 104 Å². The minimum atomic E-state index is -1.54. The highest BCUT2D eigenvalue weighted by atomic mass is 32.2. The zero-order valence-corrected chi connectivity index (χ0v) is 64.2. The number of thioether (sulfide) groups is 4. The molecule has 3 aromatic heterocycles. The van der Waals surface area contributed by atoms with Gasteiger partial charge in [0.15, 0.2) is 0 Å². The van der Waals surface area contributed by atoms with Crippen molar-refractivity contribution in [2.45, 2.75) is 211 Å². The number of nitrogens with one attached hydrogen (secondary N) is 4. The lowest BCUT2D eigenvalue weighted by Gasteiger charge is -2.38. The molecule has 0 fully saturated rings. The third kappa shape index (κ3) is 30.8. The van der Waals surface area contributed by atoms with Crippen molar-refractivity contribution in [3.05, 3.63) is 35.7 Å². The molecule has 3 atom stereocenters. The van der Waals surface area contributed by atoms with Crippen molar-refractivity contribution < 1.29 is 79.3 Å². The van der Waals surface area contributed by atoms with E-state index in [1.807, 2.05) is 67.8 Å². The minimum Gasteiger partial charge on any atom is -0.394 e. The number of aliphatic hydroxyl groups excluding tert-OH is 9. The molecule has 0 aliphatic carbocycles. The van der Waals surface area contributed by atoms with Gasteiger partial charge in [0.05, 0.1) is 124 Å². The topological polar surface area (TPSA) is 418 Å². The van der Waals surface area contributed by atoms with Gasteiger partial charge in [-0.3, -0.25) is 33.2 Å². The molecule has 99 heavy (non-hydrogen) atoms. The van der Waals surface area contributed by atoms with Gasteiger partial charge in [-0.05, 0) is 93.1 Å². The Labute approximate surface area is 603 Å². The van der Waals surface area contributed by atoms with Crippen LogP contribution in [0.3, 0.4) is 0 Å². The fourth-order valence-electron chi connectivity index (χ4n) is 11.1. The first-order chi connectivity index (χ1) is 46.8. The van der Waals surface area contributed by atoms with Gasteiger partial charge in [0.2, 0.25) is 23.6 Å². The Morgan fingerprint density at radius 1 is 0.455 bits per heavy atom. The van der Waals surface area contributed by atoms with Crippen molar-refractivity contribution in [1.29, 1.82) is 0 Å². The third-order valence-corrected chi connectivity index (χ3v) is 22.8. The zero-order valence-electron chi connectivity index (χ0n) is 60.9. The molecule has 29 nitrogen and oxygen atoms in total. The molecule has 570 valence electrons. The maximum atomic E-state index is 14.0. The zero-order chi connectivity index (χ0) is 74.1. The van der Waals surface area contributed by atoms with E-state index in [0.717, 1.165) is 36.5 Å². The van der Waals surface area contributed by atoms with Crippen LogP contribution in [0.15, 0.2) is 18.6 Å². The van der Waals surface area contributed by atoms with Crippen LogP contribution in [0.5, 0.6) is 0 Å². The summed E-state index contributed by atoms with van der Waals surface area (Å²) in [6, 6.07) is 0. The highest BCUT2D eigenvalue weighted by Gasteiger charge is 2.43.